The minimum absolute atomic E-state index is 0.0272. The number of aryl methyl sites for hydroxylation is 1. The summed E-state index contributed by atoms with van der Waals surface area (Å²) in [5, 5.41) is 24.9. The lowest BCUT2D eigenvalue weighted by atomic mass is 10.1. The van der Waals surface area contributed by atoms with Gasteiger partial charge in [0.2, 0.25) is 5.91 Å². The number of aromatic hydroxyl groups is 1. The molecule has 0 fully saturated rings. The lowest BCUT2D eigenvalue weighted by Crippen LogP contribution is -2.48. The Hall–Kier alpha value is -2.28. The molecule has 0 bridgehead atoms. The van der Waals surface area contributed by atoms with E-state index in [-0.39, 0.29) is 24.1 Å². The molecular formula is C21H34N2O5. The zero-order valence-electron chi connectivity index (χ0n) is 17.2. The Bertz CT molecular complexity index is 621. The predicted octanol–water partition coefficient (Wildman–Crippen LogP) is 2.85. The summed E-state index contributed by atoms with van der Waals surface area (Å²) in [6.45, 7) is 4.58. The number of ether oxygens (including phenoxy) is 1. The second-order valence-electron chi connectivity index (χ2n) is 7.12. The average molecular weight is 395 g/mol. The molecule has 1 unspecified atom stereocenters. The van der Waals surface area contributed by atoms with Gasteiger partial charge in [-0.3, -0.25) is 9.59 Å². The van der Waals surface area contributed by atoms with Crippen molar-refractivity contribution in [2.45, 2.75) is 70.9 Å². The summed E-state index contributed by atoms with van der Waals surface area (Å²) in [6.07, 6.45) is 5.33. The number of benzene rings is 1. The third-order valence-corrected chi connectivity index (χ3v) is 4.60. The molecule has 1 aromatic rings. The number of carbonyl (C=O) groups is 2. The summed E-state index contributed by atoms with van der Waals surface area (Å²) in [5.41, 5.74) is 0.948. The molecular weight excluding hydrogens is 360 g/mol. The van der Waals surface area contributed by atoms with Crippen LogP contribution in [0.3, 0.4) is 0 Å². The molecule has 0 aliphatic heterocycles. The zero-order valence-corrected chi connectivity index (χ0v) is 17.2. The highest BCUT2D eigenvalue weighted by atomic mass is 16.5. The van der Waals surface area contributed by atoms with Crippen molar-refractivity contribution in [2.75, 3.05) is 13.7 Å². The lowest BCUT2D eigenvalue weighted by Gasteiger charge is -2.20. The number of methoxy groups -OCH3 is 1. The Morgan fingerprint density at radius 2 is 1.96 bits per heavy atom. The first-order chi connectivity index (χ1) is 13.4. The van der Waals surface area contributed by atoms with E-state index in [1.165, 1.54) is 7.11 Å². The topological polar surface area (TPSA) is 108 Å². The predicted molar refractivity (Wildman–Crippen MR) is 109 cm³/mol. The molecule has 0 spiro atoms. The van der Waals surface area contributed by atoms with Crippen LogP contribution in [-0.2, 0) is 16.0 Å². The van der Waals surface area contributed by atoms with Gasteiger partial charge in [-0.15, -0.1) is 0 Å². The molecule has 158 valence electrons. The van der Waals surface area contributed by atoms with Gasteiger partial charge in [-0.05, 0) is 50.4 Å². The minimum atomic E-state index is -1.01. The zero-order chi connectivity index (χ0) is 20.9. The molecule has 7 heteroatoms. The van der Waals surface area contributed by atoms with Crippen LogP contribution in [0.15, 0.2) is 18.2 Å². The number of aliphatic carboxylic acids is 1. The van der Waals surface area contributed by atoms with E-state index in [4.69, 9.17) is 9.84 Å². The van der Waals surface area contributed by atoms with Gasteiger partial charge in [0.25, 0.3) is 0 Å². The van der Waals surface area contributed by atoms with Gasteiger partial charge in [0.1, 0.15) is 0 Å². The Kier molecular flexibility index (Phi) is 11.0. The van der Waals surface area contributed by atoms with Gasteiger partial charge in [-0.25, -0.2) is 0 Å². The summed E-state index contributed by atoms with van der Waals surface area (Å²) in [7, 11) is 1.50. The number of carbonyl (C=O) groups excluding carboxylic acids is 1. The summed E-state index contributed by atoms with van der Waals surface area (Å²) >= 11 is 0. The molecule has 4 N–H and O–H groups in total. The lowest BCUT2D eigenvalue weighted by molar-refractivity contribution is -0.140. The van der Waals surface area contributed by atoms with E-state index in [1.54, 1.807) is 12.1 Å². The fraction of sp³-hybridized carbons (Fsp3) is 0.619. The van der Waals surface area contributed by atoms with Crippen LogP contribution >= 0.6 is 0 Å². The van der Waals surface area contributed by atoms with E-state index in [0.29, 0.717) is 25.1 Å². The van der Waals surface area contributed by atoms with Gasteiger partial charge in [0.15, 0.2) is 11.5 Å². The Morgan fingerprint density at radius 1 is 1.21 bits per heavy atom. The molecule has 0 radical (unpaired) electrons. The number of nitrogens with one attached hydrogen (secondary N) is 2. The summed E-state index contributed by atoms with van der Waals surface area (Å²) in [5.74, 6) is -0.763. The fourth-order valence-corrected chi connectivity index (χ4v) is 3.01. The van der Waals surface area contributed by atoms with Crippen LogP contribution in [0.4, 0.5) is 0 Å². The van der Waals surface area contributed by atoms with Crippen LogP contribution in [0.5, 0.6) is 11.5 Å². The molecule has 0 aliphatic carbocycles. The second-order valence-corrected chi connectivity index (χ2v) is 7.12. The van der Waals surface area contributed by atoms with Crippen LogP contribution in [0, 0.1) is 0 Å². The quantitative estimate of drug-likeness (QED) is 0.361. The molecule has 0 saturated heterocycles. The molecule has 0 saturated carbocycles. The number of hydrogen-bond acceptors (Lipinski definition) is 5. The van der Waals surface area contributed by atoms with Crippen LogP contribution in [0.1, 0.15) is 57.9 Å². The van der Waals surface area contributed by atoms with Crippen molar-refractivity contribution in [1.82, 2.24) is 10.6 Å². The van der Waals surface area contributed by atoms with E-state index in [2.05, 4.69) is 17.6 Å². The summed E-state index contributed by atoms with van der Waals surface area (Å²) in [4.78, 5) is 23.5. The smallest absolute Gasteiger partial charge is 0.305 e. The van der Waals surface area contributed by atoms with Gasteiger partial charge >= 0.3 is 5.97 Å². The number of hydrogen-bond donors (Lipinski definition) is 4. The van der Waals surface area contributed by atoms with Crippen molar-refractivity contribution < 1.29 is 24.5 Å². The number of phenolic OH excluding ortho intramolecular Hbond substituents is 1. The number of phenols is 1. The first-order valence-corrected chi connectivity index (χ1v) is 9.98. The monoisotopic (exact) mass is 394 g/mol. The van der Waals surface area contributed by atoms with E-state index in [9.17, 15) is 14.7 Å². The van der Waals surface area contributed by atoms with E-state index >= 15 is 0 Å². The molecule has 2 atom stereocenters. The third-order valence-electron chi connectivity index (χ3n) is 4.60. The fourth-order valence-electron chi connectivity index (χ4n) is 3.01. The van der Waals surface area contributed by atoms with Crippen LogP contribution < -0.4 is 15.4 Å². The largest absolute Gasteiger partial charge is 0.504 e. The van der Waals surface area contributed by atoms with Gasteiger partial charge in [-0.2, -0.15) is 0 Å². The van der Waals surface area contributed by atoms with Crippen LogP contribution in [0.2, 0.25) is 0 Å². The van der Waals surface area contributed by atoms with Crippen molar-refractivity contribution in [3.63, 3.8) is 0 Å². The number of rotatable bonds is 14. The highest BCUT2D eigenvalue weighted by molar-refractivity contribution is 5.86. The molecule has 1 rings (SSSR count). The molecule has 28 heavy (non-hydrogen) atoms. The maximum atomic E-state index is 12.4. The molecule has 1 amide bonds. The molecule has 0 aliphatic rings. The van der Waals surface area contributed by atoms with Crippen LogP contribution in [0.25, 0.3) is 0 Å². The maximum Gasteiger partial charge on any atom is 0.305 e. The normalized spacial score (nSPS) is 13.0. The van der Waals surface area contributed by atoms with Crippen molar-refractivity contribution >= 4 is 11.9 Å². The Balaban J connectivity index is 2.46. The van der Waals surface area contributed by atoms with Gasteiger partial charge in [0.05, 0.1) is 19.6 Å². The minimum Gasteiger partial charge on any atom is -0.504 e. The second kappa shape index (κ2) is 13.0. The molecule has 0 heterocycles. The standard InChI is InChI=1S/C21H34N2O5/c1-4-5-6-8-15(2)23-21(27)17(14-20(25)26)22-12-7-9-16-10-11-19(28-3)18(24)13-16/h10-11,13,15,17,22,24H,4-9,12,14H2,1-3H3,(H,23,27)(H,25,26)/t15-,17?/m0/s1. The van der Waals surface area contributed by atoms with E-state index < -0.39 is 12.0 Å². The number of carboxylic acids is 1. The van der Waals surface area contributed by atoms with Crippen LogP contribution in [-0.4, -0.2) is 47.8 Å². The van der Waals surface area contributed by atoms with E-state index in [0.717, 1.165) is 31.2 Å². The first-order valence-electron chi connectivity index (χ1n) is 9.98. The Morgan fingerprint density at radius 3 is 2.57 bits per heavy atom. The Labute approximate surface area is 167 Å². The molecule has 7 nitrogen and oxygen atoms in total. The van der Waals surface area contributed by atoms with E-state index in [1.807, 2.05) is 13.0 Å². The highest BCUT2D eigenvalue weighted by Gasteiger charge is 2.22. The maximum absolute atomic E-state index is 12.4. The first kappa shape index (κ1) is 23.8. The number of amides is 1. The van der Waals surface area contributed by atoms with Gasteiger partial charge in [0, 0.05) is 6.04 Å². The SMILES string of the molecule is CCCCC[C@H](C)NC(=O)C(CC(=O)O)NCCCc1ccc(OC)c(O)c1. The van der Waals surface area contributed by atoms with Crippen molar-refractivity contribution in [2.24, 2.45) is 0 Å². The van der Waals surface area contributed by atoms with Crippen molar-refractivity contribution in [3.8, 4) is 11.5 Å². The summed E-state index contributed by atoms with van der Waals surface area (Å²) < 4.78 is 5.02. The summed E-state index contributed by atoms with van der Waals surface area (Å²) in [6, 6.07) is 4.50. The average Bonchev–Trinajstić information content (AvgIpc) is 2.64. The van der Waals surface area contributed by atoms with Gasteiger partial charge < -0.3 is 25.6 Å². The molecule has 0 aromatic heterocycles. The van der Waals surface area contributed by atoms with Crippen molar-refractivity contribution in [1.29, 1.82) is 0 Å². The number of carboxylic acid groups (broad SMARTS) is 1. The highest BCUT2D eigenvalue weighted by Crippen LogP contribution is 2.26. The van der Waals surface area contributed by atoms with Gasteiger partial charge in [-0.1, -0.05) is 32.3 Å². The van der Waals surface area contributed by atoms with Crippen molar-refractivity contribution in [3.05, 3.63) is 23.8 Å². The third kappa shape index (κ3) is 9.08. The molecule has 1 aromatic carbocycles. The number of unbranched alkanes of at least 4 members (excludes halogenated alkanes) is 2.